The molecule has 1 heterocycles. The van der Waals surface area contributed by atoms with Crippen LogP contribution < -0.4 is 0 Å². The second-order valence-corrected chi connectivity index (χ2v) is 6.69. The molecule has 1 aliphatic carbocycles. The van der Waals surface area contributed by atoms with Crippen LogP contribution in [0.15, 0.2) is 4.99 Å². The Hall–Kier alpha value is -2.26. The summed E-state index contributed by atoms with van der Waals surface area (Å²) in [5, 5.41) is 9.20. The summed E-state index contributed by atoms with van der Waals surface area (Å²) in [7, 11) is 0. The van der Waals surface area contributed by atoms with Crippen LogP contribution in [-0.4, -0.2) is 60.8 Å². The molecule has 2 aliphatic rings. The molecular formula is C17H29N3O7. The average Bonchev–Trinajstić information content (AvgIpc) is 3.33. The lowest BCUT2D eigenvalue weighted by molar-refractivity contribution is -0.757. The summed E-state index contributed by atoms with van der Waals surface area (Å²) in [6.07, 6.45) is 3.88. The molecule has 10 heteroatoms. The van der Waals surface area contributed by atoms with Gasteiger partial charge in [0.1, 0.15) is 6.61 Å². The molecule has 1 fully saturated rings. The zero-order valence-electron chi connectivity index (χ0n) is 16.0. The fraction of sp³-hybridized carbons (Fsp3) is 0.882. The van der Waals surface area contributed by atoms with Crippen LogP contribution in [-0.2, 0) is 19.0 Å². The number of nitrogens with zero attached hydrogens (tertiary/aromatic N) is 3. The molecule has 0 N–H and O–H groups in total. The van der Waals surface area contributed by atoms with E-state index in [4.69, 9.17) is 14.2 Å². The Morgan fingerprint density at radius 1 is 1.41 bits per heavy atom. The van der Waals surface area contributed by atoms with Gasteiger partial charge in [-0.05, 0) is 44.9 Å². The van der Waals surface area contributed by atoms with Gasteiger partial charge in [0.05, 0.1) is 19.8 Å². The van der Waals surface area contributed by atoms with Crippen molar-refractivity contribution in [3.8, 4) is 0 Å². The fourth-order valence-corrected chi connectivity index (χ4v) is 3.15. The number of unbranched alkanes of at least 4 members (excludes halogenated alkanes) is 1. The SMILES string of the molecule is CCCC(C1CC1)N(C1=NCCO1)C(C)OC(=O)OCCCCO[N+](=O)[O-]. The van der Waals surface area contributed by atoms with Crippen molar-refractivity contribution in [2.24, 2.45) is 10.9 Å². The molecule has 0 spiro atoms. The molecule has 0 aromatic heterocycles. The van der Waals surface area contributed by atoms with Crippen LogP contribution in [0.5, 0.6) is 0 Å². The predicted octanol–water partition coefficient (Wildman–Crippen LogP) is 2.74. The Labute approximate surface area is 158 Å². The minimum absolute atomic E-state index is 0.0210. The lowest BCUT2D eigenvalue weighted by Gasteiger charge is -2.36. The first kappa shape index (κ1) is 21.0. The summed E-state index contributed by atoms with van der Waals surface area (Å²) in [5.74, 6) is 0.570. The molecule has 154 valence electrons. The van der Waals surface area contributed by atoms with Crippen molar-refractivity contribution < 1.29 is 28.9 Å². The maximum atomic E-state index is 12.0. The molecule has 0 saturated heterocycles. The van der Waals surface area contributed by atoms with Crippen LogP contribution >= 0.6 is 0 Å². The van der Waals surface area contributed by atoms with Crippen LogP contribution in [0.1, 0.15) is 52.4 Å². The molecule has 27 heavy (non-hydrogen) atoms. The van der Waals surface area contributed by atoms with Gasteiger partial charge in [0.15, 0.2) is 6.23 Å². The van der Waals surface area contributed by atoms with Gasteiger partial charge in [-0.3, -0.25) is 4.90 Å². The lowest BCUT2D eigenvalue weighted by atomic mass is 10.1. The van der Waals surface area contributed by atoms with Gasteiger partial charge < -0.3 is 19.0 Å². The smallest absolute Gasteiger partial charge is 0.463 e. The number of hydrogen-bond donors (Lipinski definition) is 0. The van der Waals surface area contributed by atoms with E-state index < -0.39 is 17.5 Å². The fourth-order valence-electron chi connectivity index (χ4n) is 3.15. The maximum Gasteiger partial charge on any atom is 0.510 e. The Bertz CT molecular complexity index is 525. The Morgan fingerprint density at radius 2 is 2.15 bits per heavy atom. The van der Waals surface area contributed by atoms with E-state index in [2.05, 4.69) is 16.8 Å². The highest BCUT2D eigenvalue weighted by atomic mass is 16.9. The summed E-state index contributed by atoms with van der Waals surface area (Å²) in [6, 6.07) is 0.770. The van der Waals surface area contributed by atoms with Gasteiger partial charge in [-0.1, -0.05) is 13.3 Å². The quantitative estimate of drug-likeness (QED) is 0.165. The van der Waals surface area contributed by atoms with Crippen molar-refractivity contribution in [3.05, 3.63) is 10.1 Å². The van der Waals surface area contributed by atoms with E-state index in [1.165, 1.54) is 0 Å². The van der Waals surface area contributed by atoms with Crippen molar-refractivity contribution in [1.29, 1.82) is 0 Å². The first-order valence-electron chi connectivity index (χ1n) is 9.59. The Morgan fingerprint density at radius 3 is 2.74 bits per heavy atom. The zero-order valence-corrected chi connectivity index (χ0v) is 16.0. The van der Waals surface area contributed by atoms with E-state index in [-0.39, 0.29) is 19.3 Å². The summed E-state index contributed by atoms with van der Waals surface area (Å²) in [5.41, 5.74) is 0. The number of carbonyl (C=O) groups is 1. The average molecular weight is 387 g/mol. The number of ether oxygens (including phenoxy) is 3. The van der Waals surface area contributed by atoms with E-state index in [1.54, 1.807) is 6.92 Å². The second-order valence-electron chi connectivity index (χ2n) is 6.69. The standard InChI is InChI=1S/C17H29N3O7/c1-3-6-15(14-7-8-14)19(16-18-9-12-24-16)13(2)27-17(21)25-10-4-5-11-26-20(22)23/h13-15H,3-12H2,1-2H3. The monoisotopic (exact) mass is 387 g/mol. The first-order valence-corrected chi connectivity index (χ1v) is 9.59. The molecule has 10 nitrogen and oxygen atoms in total. The zero-order chi connectivity index (χ0) is 19.6. The van der Waals surface area contributed by atoms with Gasteiger partial charge in [-0.2, -0.15) is 0 Å². The topological polar surface area (TPSA) is 113 Å². The van der Waals surface area contributed by atoms with Crippen molar-refractivity contribution in [3.63, 3.8) is 0 Å². The van der Waals surface area contributed by atoms with Gasteiger partial charge in [-0.25, -0.2) is 9.79 Å². The highest BCUT2D eigenvalue weighted by Crippen LogP contribution is 2.38. The van der Waals surface area contributed by atoms with Crippen molar-refractivity contribution in [2.45, 2.75) is 64.6 Å². The van der Waals surface area contributed by atoms with Gasteiger partial charge >= 0.3 is 6.16 Å². The van der Waals surface area contributed by atoms with E-state index >= 15 is 0 Å². The van der Waals surface area contributed by atoms with Gasteiger partial charge in [0.2, 0.25) is 0 Å². The normalized spacial score (nSPS) is 18.1. The molecule has 2 atom stereocenters. The molecule has 1 aliphatic heterocycles. The Kier molecular flexibility index (Phi) is 8.41. The molecule has 1 saturated carbocycles. The van der Waals surface area contributed by atoms with Crippen molar-refractivity contribution >= 4 is 12.2 Å². The maximum absolute atomic E-state index is 12.0. The summed E-state index contributed by atoms with van der Waals surface area (Å²) >= 11 is 0. The third-order valence-electron chi connectivity index (χ3n) is 4.51. The number of hydrogen-bond acceptors (Lipinski definition) is 9. The van der Waals surface area contributed by atoms with Gasteiger partial charge in [-0.15, -0.1) is 10.1 Å². The van der Waals surface area contributed by atoms with Crippen LogP contribution in [0, 0.1) is 16.0 Å². The van der Waals surface area contributed by atoms with E-state index in [0.717, 1.165) is 25.7 Å². The molecule has 0 aromatic carbocycles. The van der Waals surface area contributed by atoms with Crippen LogP contribution in [0.2, 0.25) is 0 Å². The largest absolute Gasteiger partial charge is 0.510 e. The third-order valence-corrected chi connectivity index (χ3v) is 4.51. The van der Waals surface area contributed by atoms with Gasteiger partial charge in [0.25, 0.3) is 11.1 Å². The molecular weight excluding hydrogens is 358 g/mol. The lowest BCUT2D eigenvalue weighted by Crippen LogP contribution is -2.49. The highest BCUT2D eigenvalue weighted by molar-refractivity contribution is 5.76. The number of carbonyl (C=O) groups excluding carboxylic acids is 1. The number of amidine groups is 1. The number of rotatable bonds is 12. The Balaban J connectivity index is 1.81. The molecule has 2 rings (SSSR count). The summed E-state index contributed by atoms with van der Waals surface area (Å²) in [4.78, 5) is 32.6. The van der Waals surface area contributed by atoms with Crippen LogP contribution in [0.4, 0.5) is 4.79 Å². The summed E-state index contributed by atoms with van der Waals surface area (Å²) < 4.78 is 16.1. The van der Waals surface area contributed by atoms with Crippen LogP contribution in [0.3, 0.4) is 0 Å². The molecule has 2 unspecified atom stereocenters. The summed E-state index contributed by atoms with van der Waals surface area (Å²) in [6.45, 7) is 5.17. The highest BCUT2D eigenvalue weighted by Gasteiger charge is 2.40. The van der Waals surface area contributed by atoms with Gasteiger partial charge in [0, 0.05) is 6.04 Å². The third kappa shape index (κ3) is 7.10. The van der Waals surface area contributed by atoms with E-state index in [0.29, 0.717) is 37.9 Å². The number of aliphatic imine (C=N–C) groups is 1. The van der Waals surface area contributed by atoms with Crippen molar-refractivity contribution in [2.75, 3.05) is 26.4 Å². The molecule has 0 radical (unpaired) electrons. The molecule has 0 amide bonds. The second kappa shape index (κ2) is 10.8. The van der Waals surface area contributed by atoms with Crippen LogP contribution in [0.25, 0.3) is 0 Å². The predicted molar refractivity (Wildman–Crippen MR) is 95.6 cm³/mol. The molecule has 0 bridgehead atoms. The van der Waals surface area contributed by atoms with E-state index in [1.807, 2.05) is 4.90 Å². The van der Waals surface area contributed by atoms with Crippen molar-refractivity contribution in [1.82, 2.24) is 4.90 Å². The van der Waals surface area contributed by atoms with E-state index in [9.17, 15) is 14.9 Å². The minimum atomic E-state index is -0.841. The first-order chi connectivity index (χ1) is 13.0. The molecule has 0 aromatic rings. The minimum Gasteiger partial charge on any atom is -0.463 e.